The summed E-state index contributed by atoms with van der Waals surface area (Å²) in [4.78, 5) is 0.0393. The van der Waals surface area contributed by atoms with Crippen LogP contribution < -0.4 is 20.5 Å². The molecule has 0 saturated heterocycles. The summed E-state index contributed by atoms with van der Waals surface area (Å²) in [5.41, 5.74) is 8.76. The molecule has 0 saturated carbocycles. The molecule has 0 amide bonds. The standard InChI is InChI=1S/C22H24N4O4S3/c23-15-18-8-4-5-9-20(18)24-22(31)26-33(29,30)19-12-10-16(11-13-19)14-21(25-32(27)28)17-6-2-1-3-7-17/h1-13,21,25H,14-15,23H2,(H,27,28)(H2,24,26,31). The van der Waals surface area contributed by atoms with E-state index in [1.165, 1.54) is 12.1 Å². The van der Waals surface area contributed by atoms with Crippen LogP contribution >= 0.6 is 12.2 Å². The molecule has 3 rings (SSSR count). The van der Waals surface area contributed by atoms with Gasteiger partial charge in [0.2, 0.25) is 11.3 Å². The lowest BCUT2D eigenvalue weighted by molar-refractivity contribution is 0.526. The summed E-state index contributed by atoms with van der Waals surface area (Å²) in [5.74, 6) is 0. The molecule has 6 N–H and O–H groups in total. The molecule has 8 nitrogen and oxygen atoms in total. The molecule has 0 aromatic heterocycles. The van der Waals surface area contributed by atoms with Crippen LogP contribution in [0.4, 0.5) is 5.69 Å². The van der Waals surface area contributed by atoms with Crippen molar-refractivity contribution in [3.63, 3.8) is 0 Å². The van der Waals surface area contributed by atoms with E-state index in [1.54, 1.807) is 24.3 Å². The average molecular weight is 505 g/mol. The Bertz CT molecular complexity index is 1220. The van der Waals surface area contributed by atoms with Gasteiger partial charge in [0, 0.05) is 12.2 Å². The highest BCUT2D eigenvalue weighted by Gasteiger charge is 2.18. The molecule has 174 valence electrons. The van der Waals surface area contributed by atoms with Crippen LogP contribution in [0.5, 0.6) is 0 Å². The van der Waals surface area contributed by atoms with Gasteiger partial charge in [0.15, 0.2) is 5.11 Å². The minimum Gasteiger partial charge on any atom is -0.332 e. The summed E-state index contributed by atoms with van der Waals surface area (Å²) in [5, 5.41) is 2.79. The Balaban J connectivity index is 1.70. The second kappa shape index (κ2) is 11.5. The summed E-state index contributed by atoms with van der Waals surface area (Å²) in [6.07, 6.45) is 0.389. The van der Waals surface area contributed by atoms with E-state index in [0.29, 0.717) is 12.1 Å². The van der Waals surface area contributed by atoms with Gasteiger partial charge in [0.05, 0.1) is 10.9 Å². The number of nitrogens with two attached hydrogens (primary N) is 1. The van der Waals surface area contributed by atoms with Crippen molar-refractivity contribution in [2.75, 3.05) is 5.32 Å². The number of benzene rings is 3. The zero-order valence-electron chi connectivity index (χ0n) is 17.5. The van der Waals surface area contributed by atoms with Crippen molar-refractivity contribution in [1.29, 1.82) is 0 Å². The van der Waals surface area contributed by atoms with E-state index in [-0.39, 0.29) is 16.6 Å². The first-order valence-corrected chi connectivity index (χ1v) is 12.9. The van der Waals surface area contributed by atoms with Crippen molar-refractivity contribution in [3.05, 3.63) is 95.6 Å². The van der Waals surface area contributed by atoms with Gasteiger partial charge in [0.25, 0.3) is 10.0 Å². The second-order valence-electron chi connectivity index (χ2n) is 7.10. The molecule has 0 aliphatic carbocycles. The van der Waals surface area contributed by atoms with E-state index in [1.807, 2.05) is 42.5 Å². The predicted octanol–water partition coefficient (Wildman–Crippen LogP) is 2.83. The van der Waals surface area contributed by atoms with Gasteiger partial charge >= 0.3 is 0 Å². The molecule has 33 heavy (non-hydrogen) atoms. The first-order chi connectivity index (χ1) is 15.8. The molecule has 0 bridgehead atoms. The van der Waals surface area contributed by atoms with Crippen LogP contribution in [0.15, 0.2) is 83.8 Å². The number of nitrogens with one attached hydrogen (secondary N) is 3. The SMILES string of the molecule is NCc1ccccc1NC(=S)NS(=O)(=O)c1ccc(CC(NS(=O)O)c2ccccc2)cc1. The molecular formula is C22H24N4O4S3. The van der Waals surface area contributed by atoms with Crippen molar-refractivity contribution < 1.29 is 17.2 Å². The number of hydrogen-bond acceptors (Lipinski definition) is 5. The molecule has 0 heterocycles. The Morgan fingerprint density at radius 3 is 2.27 bits per heavy atom. The summed E-state index contributed by atoms with van der Waals surface area (Å²) in [6.45, 7) is 0.280. The van der Waals surface area contributed by atoms with E-state index in [0.717, 1.165) is 16.7 Å². The molecule has 3 aromatic rings. The molecule has 2 unspecified atom stereocenters. The molecule has 0 spiro atoms. The van der Waals surface area contributed by atoms with Crippen molar-refractivity contribution in [2.45, 2.75) is 23.9 Å². The zero-order valence-corrected chi connectivity index (χ0v) is 19.9. The van der Waals surface area contributed by atoms with Crippen molar-refractivity contribution in [3.8, 4) is 0 Å². The lowest BCUT2D eigenvalue weighted by atomic mass is 10.00. The fraction of sp³-hybridized carbons (Fsp3) is 0.136. The Morgan fingerprint density at radius 1 is 1.00 bits per heavy atom. The third kappa shape index (κ3) is 7.16. The molecular weight excluding hydrogens is 480 g/mol. The van der Waals surface area contributed by atoms with Crippen molar-refractivity contribution >= 4 is 44.3 Å². The lowest BCUT2D eigenvalue weighted by Crippen LogP contribution is -2.34. The minimum atomic E-state index is -3.90. The second-order valence-corrected chi connectivity index (χ2v) is 9.92. The smallest absolute Gasteiger partial charge is 0.263 e. The van der Waals surface area contributed by atoms with E-state index in [9.17, 15) is 17.2 Å². The van der Waals surface area contributed by atoms with Gasteiger partial charge in [-0.3, -0.25) is 9.27 Å². The van der Waals surface area contributed by atoms with Crippen LogP contribution in [0.2, 0.25) is 0 Å². The monoisotopic (exact) mass is 504 g/mol. The Morgan fingerprint density at radius 2 is 1.64 bits per heavy atom. The maximum atomic E-state index is 12.7. The van der Waals surface area contributed by atoms with Crippen LogP contribution in [0, 0.1) is 0 Å². The van der Waals surface area contributed by atoms with E-state index < -0.39 is 27.3 Å². The number of sulfonamides is 1. The number of para-hydroxylation sites is 1. The van der Waals surface area contributed by atoms with Gasteiger partial charge in [-0.2, -0.15) is 0 Å². The Labute approximate surface area is 201 Å². The maximum Gasteiger partial charge on any atom is 0.263 e. The van der Waals surface area contributed by atoms with Gasteiger partial charge < -0.3 is 11.1 Å². The maximum absolute atomic E-state index is 12.7. The minimum absolute atomic E-state index is 0.0393. The highest BCUT2D eigenvalue weighted by atomic mass is 32.2. The number of anilines is 1. The Kier molecular flexibility index (Phi) is 8.67. The summed E-state index contributed by atoms with van der Waals surface area (Å²) >= 11 is 2.97. The fourth-order valence-electron chi connectivity index (χ4n) is 3.22. The van der Waals surface area contributed by atoms with Gasteiger partial charge in [-0.1, -0.05) is 60.7 Å². The predicted molar refractivity (Wildman–Crippen MR) is 134 cm³/mol. The van der Waals surface area contributed by atoms with Gasteiger partial charge in [0.1, 0.15) is 0 Å². The fourth-order valence-corrected chi connectivity index (χ4v) is 5.03. The third-order valence-corrected chi connectivity index (χ3v) is 7.02. The molecule has 3 aromatic carbocycles. The molecule has 0 fully saturated rings. The first-order valence-electron chi connectivity index (χ1n) is 9.91. The van der Waals surface area contributed by atoms with Crippen LogP contribution in [0.3, 0.4) is 0 Å². The zero-order chi connectivity index (χ0) is 23.8. The molecule has 0 aliphatic heterocycles. The van der Waals surface area contributed by atoms with Crippen LogP contribution in [-0.2, 0) is 34.3 Å². The van der Waals surface area contributed by atoms with E-state index >= 15 is 0 Å². The first kappa shape index (κ1) is 25.0. The largest absolute Gasteiger partial charge is 0.332 e. The van der Waals surface area contributed by atoms with Gasteiger partial charge in [-0.05, 0) is 53.5 Å². The molecule has 11 heteroatoms. The van der Waals surface area contributed by atoms with Crippen LogP contribution in [0.1, 0.15) is 22.7 Å². The molecule has 0 radical (unpaired) electrons. The van der Waals surface area contributed by atoms with Crippen LogP contribution in [-0.4, -0.2) is 22.3 Å². The molecule has 0 aliphatic rings. The topological polar surface area (TPSA) is 134 Å². The number of rotatable bonds is 9. The Hall–Kier alpha value is -2.67. The van der Waals surface area contributed by atoms with Gasteiger partial charge in [-0.25, -0.2) is 17.3 Å². The summed E-state index contributed by atoms with van der Waals surface area (Å²) in [6, 6.07) is 22.3. The number of thiocarbonyl (C=S) groups is 1. The van der Waals surface area contributed by atoms with E-state index in [2.05, 4.69) is 14.8 Å². The highest BCUT2D eigenvalue weighted by molar-refractivity contribution is 7.92. The highest BCUT2D eigenvalue weighted by Crippen LogP contribution is 2.20. The van der Waals surface area contributed by atoms with Gasteiger partial charge in [-0.15, -0.1) is 0 Å². The average Bonchev–Trinajstić information content (AvgIpc) is 2.79. The summed E-state index contributed by atoms with van der Waals surface area (Å²) < 4.78 is 51.0. The summed E-state index contributed by atoms with van der Waals surface area (Å²) in [7, 11) is -3.90. The number of hydrogen-bond donors (Lipinski definition) is 5. The van der Waals surface area contributed by atoms with E-state index in [4.69, 9.17) is 18.0 Å². The van der Waals surface area contributed by atoms with Crippen LogP contribution in [0.25, 0.3) is 0 Å². The quantitative estimate of drug-likeness (QED) is 0.223. The third-order valence-electron chi connectivity index (χ3n) is 4.83. The lowest BCUT2D eigenvalue weighted by Gasteiger charge is -2.17. The van der Waals surface area contributed by atoms with Crippen molar-refractivity contribution in [1.82, 2.24) is 9.44 Å². The normalized spacial score (nSPS) is 13.2. The molecule has 2 atom stereocenters. The van der Waals surface area contributed by atoms with Crippen molar-refractivity contribution in [2.24, 2.45) is 5.73 Å².